The fraction of sp³-hybridized carbons (Fsp3) is 0.559. The summed E-state index contributed by atoms with van der Waals surface area (Å²) in [6.45, 7) is 4.75. The first-order valence-electron chi connectivity index (χ1n) is 16.5. The Hall–Kier alpha value is -4.00. The first kappa shape index (κ1) is 32.9. The van der Waals surface area contributed by atoms with Crippen LogP contribution < -0.4 is 20.9 Å². The number of unbranched alkanes of at least 4 members (excludes halogenated alkanes) is 1. The van der Waals surface area contributed by atoms with Gasteiger partial charge in [-0.1, -0.05) is 6.42 Å². The van der Waals surface area contributed by atoms with Crippen LogP contribution in [0.25, 0.3) is 0 Å². The van der Waals surface area contributed by atoms with Crippen LogP contribution in [0.4, 0.5) is 24.8 Å². The van der Waals surface area contributed by atoms with Gasteiger partial charge in [-0.15, -0.1) is 10.2 Å². The fourth-order valence-corrected chi connectivity index (χ4v) is 6.93. The van der Waals surface area contributed by atoms with Gasteiger partial charge in [0.15, 0.2) is 0 Å². The zero-order valence-corrected chi connectivity index (χ0v) is 27.3. The molecule has 2 saturated carbocycles. The number of fused-ring (bicyclic) bond motifs is 1. The Labute approximate surface area is 272 Å². The lowest BCUT2D eigenvalue weighted by Crippen LogP contribution is -2.47. The van der Waals surface area contributed by atoms with E-state index in [-0.39, 0.29) is 41.1 Å². The highest BCUT2D eigenvalue weighted by Crippen LogP contribution is 2.48. The van der Waals surface area contributed by atoms with E-state index in [1.54, 1.807) is 12.4 Å². The number of nitrogens with zero attached hydrogens (tertiary/aromatic N) is 5. The summed E-state index contributed by atoms with van der Waals surface area (Å²) in [6.07, 6.45) is 5.12. The highest BCUT2D eigenvalue weighted by atomic mass is 19.4. The summed E-state index contributed by atoms with van der Waals surface area (Å²) in [5.41, 5.74) is 0.353. The molecular weight excluding hydrogens is 609 g/mol. The van der Waals surface area contributed by atoms with E-state index in [0.29, 0.717) is 36.7 Å². The topological polar surface area (TPSA) is 117 Å². The molecule has 6 rings (SSSR count). The smallest absolute Gasteiger partial charge is 0.370 e. The second-order valence-corrected chi connectivity index (χ2v) is 13.7. The van der Waals surface area contributed by atoms with E-state index < -0.39 is 17.6 Å². The third-order valence-corrected chi connectivity index (χ3v) is 10.2. The Bertz CT molecular complexity index is 1640. The van der Waals surface area contributed by atoms with Gasteiger partial charge in [-0.05, 0) is 92.8 Å². The number of aromatic nitrogens is 4. The van der Waals surface area contributed by atoms with Crippen molar-refractivity contribution in [1.29, 1.82) is 0 Å². The second kappa shape index (κ2) is 12.9. The summed E-state index contributed by atoms with van der Waals surface area (Å²) in [6, 6.07) is 6.66. The van der Waals surface area contributed by atoms with Crippen molar-refractivity contribution < 1.29 is 22.8 Å². The quantitative estimate of drug-likeness (QED) is 0.211. The maximum atomic E-state index is 14.4. The Morgan fingerprint density at radius 2 is 1.79 bits per heavy atom. The van der Waals surface area contributed by atoms with Crippen LogP contribution in [0.15, 0.2) is 30.6 Å². The molecule has 3 aromatic rings. The number of hydrogen-bond acceptors (Lipinski definition) is 7. The van der Waals surface area contributed by atoms with Gasteiger partial charge < -0.3 is 20.5 Å². The van der Waals surface area contributed by atoms with Crippen molar-refractivity contribution in [3.05, 3.63) is 64.2 Å². The average Bonchev–Trinajstić information content (AvgIpc) is 3.55. The maximum absolute atomic E-state index is 14.4. The highest BCUT2D eigenvalue weighted by Gasteiger charge is 2.43. The number of amides is 2. The molecule has 0 bridgehead atoms. The summed E-state index contributed by atoms with van der Waals surface area (Å²) >= 11 is 0. The van der Waals surface area contributed by atoms with Crippen molar-refractivity contribution in [3.8, 4) is 0 Å². The van der Waals surface area contributed by atoms with E-state index in [0.717, 1.165) is 62.8 Å². The summed E-state index contributed by atoms with van der Waals surface area (Å²) in [7, 11) is 1.91. The molecule has 13 heteroatoms. The molecule has 2 amide bonds. The first-order chi connectivity index (χ1) is 22.4. The second-order valence-electron chi connectivity index (χ2n) is 13.7. The summed E-state index contributed by atoms with van der Waals surface area (Å²) in [4.78, 5) is 31.3. The number of benzene rings is 1. The van der Waals surface area contributed by atoms with Crippen LogP contribution in [0.1, 0.15) is 104 Å². The van der Waals surface area contributed by atoms with Crippen molar-refractivity contribution in [2.45, 2.75) is 102 Å². The van der Waals surface area contributed by atoms with Crippen molar-refractivity contribution in [1.82, 2.24) is 30.4 Å². The number of hydrogen-bond donors (Lipinski definition) is 3. The molecule has 2 aromatic heterocycles. The zero-order valence-electron chi connectivity index (χ0n) is 27.3. The summed E-state index contributed by atoms with van der Waals surface area (Å²) in [5.74, 6) is 1.16. The molecule has 2 fully saturated rings. The number of anilines is 2. The van der Waals surface area contributed by atoms with Crippen LogP contribution in [0.3, 0.4) is 0 Å². The molecule has 47 heavy (non-hydrogen) atoms. The lowest BCUT2D eigenvalue weighted by Gasteiger charge is -2.42. The third kappa shape index (κ3) is 7.00. The van der Waals surface area contributed by atoms with Gasteiger partial charge >= 0.3 is 6.18 Å². The molecule has 1 aromatic carbocycles. The van der Waals surface area contributed by atoms with Gasteiger partial charge in [0, 0.05) is 56.5 Å². The van der Waals surface area contributed by atoms with Gasteiger partial charge in [0.2, 0.25) is 5.91 Å². The Balaban J connectivity index is 1.31. The van der Waals surface area contributed by atoms with Crippen molar-refractivity contribution in [2.75, 3.05) is 23.3 Å². The normalized spacial score (nSPS) is 18.0. The minimum atomic E-state index is -4.61. The molecule has 1 aliphatic heterocycles. The van der Waals surface area contributed by atoms with Crippen LogP contribution in [0, 0.1) is 0 Å². The molecule has 3 aliphatic rings. The monoisotopic (exact) mass is 652 g/mol. The van der Waals surface area contributed by atoms with Crippen LogP contribution in [0.5, 0.6) is 0 Å². The van der Waals surface area contributed by atoms with Gasteiger partial charge in [-0.25, -0.2) is 4.98 Å². The highest BCUT2D eigenvalue weighted by molar-refractivity contribution is 6.10. The first-order valence-corrected chi connectivity index (χ1v) is 16.5. The van der Waals surface area contributed by atoms with E-state index in [1.807, 2.05) is 23.7 Å². The molecule has 0 saturated heterocycles. The minimum absolute atomic E-state index is 0.0155. The van der Waals surface area contributed by atoms with E-state index in [1.165, 1.54) is 17.9 Å². The number of nitrogens with one attached hydrogen (secondary N) is 3. The molecule has 3 heterocycles. The maximum Gasteiger partial charge on any atom is 0.416 e. The zero-order chi connectivity index (χ0) is 33.4. The van der Waals surface area contributed by atoms with Crippen molar-refractivity contribution >= 4 is 23.5 Å². The third-order valence-electron chi connectivity index (χ3n) is 10.2. The van der Waals surface area contributed by atoms with Crippen LogP contribution in [-0.4, -0.2) is 50.2 Å². The predicted molar refractivity (Wildman–Crippen MR) is 172 cm³/mol. The molecule has 252 valence electrons. The number of carbonyl (C=O) groups is 2. The van der Waals surface area contributed by atoms with Gasteiger partial charge in [0.1, 0.15) is 23.8 Å². The molecule has 0 radical (unpaired) electrons. The number of pyridine rings is 1. The molecule has 10 nitrogen and oxygen atoms in total. The minimum Gasteiger partial charge on any atom is -0.370 e. The number of alkyl halides is 3. The SMILES string of the molecule is CC(=O)NCCCCNc1cc(C2(Cc3nncn3C)CCC2)cc(N2Cc3c(cc(CNC4(C)CCC4)cc3C(F)(F)F)C2=O)n1. The molecule has 0 unspecified atom stereocenters. The summed E-state index contributed by atoms with van der Waals surface area (Å²) < 4.78 is 45.2. The van der Waals surface area contributed by atoms with Gasteiger partial charge in [-0.3, -0.25) is 14.5 Å². The Morgan fingerprint density at radius 3 is 2.40 bits per heavy atom. The lowest BCUT2D eigenvalue weighted by molar-refractivity contribution is -0.138. The standard InChI is InChI=1S/C34H43F3N8O2/c1-22(46)38-12-4-5-13-39-28-16-24(33(10-7-11-33)18-30-43-41-21-44(30)3)17-29(42-28)45-20-26-25(31(45)47)14-23(15-27(26)34(35,36)37)19-40-32(2)8-6-9-32/h14-17,21,40H,4-13,18-20H2,1-3H3,(H,38,46)(H,39,42). The number of rotatable bonds is 13. The molecule has 0 spiro atoms. The Morgan fingerprint density at radius 1 is 1.04 bits per heavy atom. The molecular formula is C34H43F3N8O2. The van der Waals surface area contributed by atoms with Crippen LogP contribution in [-0.2, 0) is 42.9 Å². The van der Waals surface area contributed by atoms with E-state index in [2.05, 4.69) is 33.1 Å². The molecule has 0 atom stereocenters. The number of carbonyl (C=O) groups excluding carboxylic acids is 2. The average molecular weight is 653 g/mol. The van der Waals surface area contributed by atoms with Gasteiger partial charge in [0.05, 0.1) is 12.1 Å². The van der Waals surface area contributed by atoms with E-state index in [4.69, 9.17) is 4.98 Å². The largest absolute Gasteiger partial charge is 0.416 e. The van der Waals surface area contributed by atoms with Crippen molar-refractivity contribution in [2.24, 2.45) is 7.05 Å². The molecule has 3 N–H and O–H groups in total. The fourth-order valence-electron chi connectivity index (χ4n) is 6.93. The summed E-state index contributed by atoms with van der Waals surface area (Å²) in [5, 5.41) is 17.9. The van der Waals surface area contributed by atoms with E-state index >= 15 is 0 Å². The molecule has 2 aliphatic carbocycles. The van der Waals surface area contributed by atoms with Gasteiger partial charge in [-0.2, -0.15) is 13.2 Å². The van der Waals surface area contributed by atoms with E-state index in [9.17, 15) is 22.8 Å². The van der Waals surface area contributed by atoms with Crippen molar-refractivity contribution in [3.63, 3.8) is 0 Å². The Kier molecular flexibility index (Phi) is 9.03. The number of aryl methyl sites for hydroxylation is 1. The van der Waals surface area contributed by atoms with Crippen LogP contribution >= 0.6 is 0 Å². The number of halogens is 3. The predicted octanol–water partition coefficient (Wildman–Crippen LogP) is 5.41. The van der Waals surface area contributed by atoms with Gasteiger partial charge in [0.25, 0.3) is 5.91 Å². The van der Waals surface area contributed by atoms with Crippen LogP contribution in [0.2, 0.25) is 0 Å². The lowest BCUT2D eigenvalue weighted by atomic mass is 9.62.